The lowest BCUT2D eigenvalue weighted by molar-refractivity contribution is 0.0118. The molecule has 0 saturated carbocycles. The van der Waals surface area contributed by atoms with Crippen LogP contribution in [0.25, 0.3) is 11.1 Å². The SMILES string of the molecule is COc1ccc2nc(C3CNCCO3)oc2c1. The largest absolute Gasteiger partial charge is 0.497 e. The minimum absolute atomic E-state index is 0.0952. The number of methoxy groups -OCH3 is 1. The van der Waals surface area contributed by atoms with Gasteiger partial charge in [-0.3, -0.25) is 0 Å². The molecule has 1 aliphatic rings. The van der Waals surface area contributed by atoms with Gasteiger partial charge >= 0.3 is 0 Å². The van der Waals surface area contributed by atoms with Crippen LogP contribution >= 0.6 is 0 Å². The normalized spacial score (nSPS) is 20.6. The number of hydrogen-bond donors (Lipinski definition) is 1. The van der Waals surface area contributed by atoms with Crippen molar-refractivity contribution in [3.63, 3.8) is 0 Å². The maximum atomic E-state index is 5.69. The van der Waals surface area contributed by atoms with E-state index in [9.17, 15) is 0 Å². The zero-order valence-electron chi connectivity index (χ0n) is 9.60. The number of fused-ring (bicyclic) bond motifs is 1. The molecule has 2 heterocycles. The number of aromatic nitrogens is 1. The van der Waals surface area contributed by atoms with Gasteiger partial charge in [0.15, 0.2) is 5.58 Å². The third kappa shape index (κ3) is 1.99. The lowest BCUT2D eigenvalue weighted by atomic mass is 10.3. The average molecular weight is 234 g/mol. The average Bonchev–Trinajstić information content (AvgIpc) is 2.82. The van der Waals surface area contributed by atoms with Crippen LogP contribution in [0.1, 0.15) is 12.0 Å². The minimum atomic E-state index is -0.0952. The summed E-state index contributed by atoms with van der Waals surface area (Å²) < 4.78 is 16.4. The second kappa shape index (κ2) is 4.35. The van der Waals surface area contributed by atoms with Crippen molar-refractivity contribution in [1.29, 1.82) is 0 Å². The minimum Gasteiger partial charge on any atom is -0.497 e. The highest BCUT2D eigenvalue weighted by Crippen LogP contribution is 2.26. The highest BCUT2D eigenvalue weighted by molar-refractivity contribution is 5.74. The third-order valence-electron chi connectivity index (χ3n) is 2.82. The summed E-state index contributed by atoms with van der Waals surface area (Å²) in [5.74, 6) is 1.39. The number of nitrogens with zero attached hydrogens (tertiary/aromatic N) is 1. The summed E-state index contributed by atoms with van der Waals surface area (Å²) in [6.45, 7) is 2.31. The topological polar surface area (TPSA) is 56.5 Å². The molecule has 0 radical (unpaired) electrons. The Morgan fingerprint density at radius 2 is 2.41 bits per heavy atom. The van der Waals surface area contributed by atoms with Gasteiger partial charge in [-0.2, -0.15) is 0 Å². The molecule has 90 valence electrons. The summed E-state index contributed by atoms with van der Waals surface area (Å²) in [6.07, 6.45) is -0.0952. The molecule has 1 unspecified atom stereocenters. The van der Waals surface area contributed by atoms with Crippen molar-refractivity contribution in [3.05, 3.63) is 24.1 Å². The number of morpholine rings is 1. The first-order chi connectivity index (χ1) is 8.36. The Balaban J connectivity index is 1.95. The molecule has 0 aliphatic carbocycles. The molecular weight excluding hydrogens is 220 g/mol. The molecule has 0 spiro atoms. The van der Waals surface area contributed by atoms with Gasteiger partial charge in [-0.25, -0.2) is 4.98 Å². The Morgan fingerprint density at radius 3 is 3.18 bits per heavy atom. The van der Waals surface area contributed by atoms with Crippen molar-refractivity contribution >= 4 is 11.1 Å². The van der Waals surface area contributed by atoms with Crippen LogP contribution in [0, 0.1) is 0 Å². The Kier molecular flexibility index (Phi) is 2.70. The van der Waals surface area contributed by atoms with E-state index in [0.717, 1.165) is 29.9 Å². The molecule has 1 aromatic carbocycles. The summed E-state index contributed by atoms with van der Waals surface area (Å²) in [5, 5.41) is 3.25. The quantitative estimate of drug-likeness (QED) is 0.853. The van der Waals surface area contributed by atoms with Crippen LogP contribution in [0.4, 0.5) is 0 Å². The first-order valence-corrected chi connectivity index (χ1v) is 5.63. The maximum Gasteiger partial charge on any atom is 0.225 e. The van der Waals surface area contributed by atoms with E-state index >= 15 is 0 Å². The smallest absolute Gasteiger partial charge is 0.225 e. The van der Waals surface area contributed by atoms with Crippen LogP contribution < -0.4 is 10.1 Å². The predicted molar refractivity (Wildman–Crippen MR) is 62.1 cm³/mol. The van der Waals surface area contributed by atoms with Gasteiger partial charge in [0.05, 0.1) is 13.7 Å². The Bertz CT molecular complexity index is 517. The van der Waals surface area contributed by atoms with Crippen molar-refractivity contribution in [2.45, 2.75) is 6.10 Å². The predicted octanol–water partition coefficient (Wildman–Crippen LogP) is 1.50. The first kappa shape index (κ1) is 10.6. The second-order valence-corrected chi connectivity index (χ2v) is 3.95. The lowest BCUT2D eigenvalue weighted by Gasteiger charge is -2.20. The molecule has 1 fully saturated rings. The van der Waals surface area contributed by atoms with E-state index in [0.29, 0.717) is 12.5 Å². The van der Waals surface area contributed by atoms with E-state index < -0.39 is 0 Å². The summed E-state index contributed by atoms with van der Waals surface area (Å²) in [5.41, 5.74) is 1.56. The molecule has 2 aromatic rings. The van der Waals surface area contributed by atoms with Crippen molar-refractivity contribution in [3.8, 4) is 5.75 Å². The molecule has 1 aromatic heterocycles. The standard InChI is InChI=1S/C12H14N2O3/c1-15-8-2-3-9-10(6-8)17-12(14-9)11-7-13-4-5-16-11/h2-3,6,11,13H,4-5,7H2,1H3. The van der Waals surface area contributed by atoms with E-state index in [1.807, 2.05) is 18.2 Å². The molecule has 5 heteroatoms. The monoisotopic (exact) mass is 234 g/mol. The molecule has 3 rings (SSSR count). The fourth-order valence-electron chi connectivity index (χ4n) is 1.91. The number of nitrogens with one attached hydrogen (secondary N) is 1. The molecule has 0 bridgehead atoms. The Labute approximate surface area is 98.7 Å². The fourth-order valence-corrected chi connectivity index (χ4v) is 1.91. The van der Waals surface area contributed by atoms with Crippen LogP contribution in [0.5, 0.6) is 5.75 Å². The van der Waals surface area contributed by atoms with Gasteiger partial charge < -0.3 is 19.2 Å². The molecule has 0 amide bonds. The summed E-state index contributed by atoms with van der Waals surface area (Å²) in [7, 11) is 1.63. The summed E-state index contributed by atoms with van der Waals surface area (Å²) in [4.78, 5) is 4.42. The molecular formula is C12H14N2O3. The van der Waals surface area contributed by atoms with Crippen LogP contribution in [0.3, 0.4) is 0 Å². The molecule has 1 aliphatic heterocycles. The van der Waals surface area contributed by atoms with Crippen molar-refractivity contribution in [2.75, 3.05) is 26.8 Å². The van der Waals surface area contributed by atoms with Gasteiger partial charge in [-0.05, 0) is 12.1 Å². The van der Waals surface area contributed by atoms with Gasteiger partial charge in [0.25, 0.3) is 0 Å². The van der Waals surface area contributed by atoms with E-state index in [1.165, 1.54) is 0 Å². The molecule has 5 nitrogen and oxygen atoms in total. The van der Waals surface area contributed by atoms with Crippen LogP contribution in [-0.2, 0) is 4.74 Å². The molecule has 1 saturated heterocycles. The van der Waals surface area contributed by atoms with Gasteiger partial charge in [-0.1, -0.05) is 0 Å². The molecule has 17 heavy (non-hydrogen) atoms. The zero-order chi connectivity index (χ0) is 11.7. The van der Waals surface area contributed by atoms with E-state index in [-0.39, 0.29) is 6.10 Å². The van der Waals surface area contributed by atoms with E-state index in [4.69, 9.17) is 13.9 Å². The van der Waals surface area contributed by atoms with Gasteiger partial charge in [0.1, 0.15) is 17.4 Å². The molecule has 1 atom stereocenters. The first-order valence-electron chi connectivity index (χ1n) is 5.63. The number of hydrogen-bond acceptors (Lipinski definition) is 5. The number of oxazole rings is 1. The summed E-state index contributed by atoms with van der Waals surface area (Å²) >= 11 is 0. The van der Waals surface area contributed by atoms with Crippen molar-refractivity contribution in [1.82, 2.24) is 10.3 Å². The Morgan fingerprint density at radius 1 is 1.47 bits per heavy atom. The highest BCUT2D eigenvalue weighted by Gasteiger charge is 2.21. The van der Waals surface area contributed by atoms with Gasteiger partial charge in [0, 0.05) is 19.2 Å². The van der Waals surface area contributed by atoms with Gasteiger partial charge in [0.2, 0.25) is 5.89 Å². The van der Waals surface area contributed by atoms with E-state index in [2.05, 4.69) is 10.3 Å². The zero-order valence-corrected chi connectivity index (χ0v) is 9.60. The van der Waals surface area contributed by atoms with Crippen molar-refractivity contribution in [2.24, 2.45) is 0 Å². The lowest BCUT2D eigenvalue weighted by Crippen LogP contribution is -2.33. The highest BCUT2D eigenvalue weighted by atomic mass is 16.5. The van der Waals surface area contributed by atoms with Crippen molar-refractivity contribution < 1.29 is 13.9 Å². The van der Waals surface area contributed by atoms with Crippen LogP contribution in [0.2, 0.25) is 0 Å². The summed E-state index contributed by atoms with van der Waals surface area (Å²) in [6, 6.07) is 5.59. The molecule has 1 N–H and O–H groups in total. The number of benzene rings is 1. The number of ether oxygens (including phenoxy) is 2. The van der Waals surface area contributed by atoms with Crippen LogP contribution in [0.15, 0.2) is 22.6 Å². The second-order valence-electron chi connectivity index (χ2n) is 3.95. The third-order valence-corrected chi connectivity index (χ3v) is 2.82. The number of rotatable bonds is 2. The van der Waals surface area contributed by atoms with E-state index in [1.54, 1.807) is 7.11 Å². The Hall–Kier alpha value is -1.59. The maximum absolute atomic E-state index is 5.69. The fraction of sp³-hybridized carbons (Fsp3) is 0.417. The van der Waals surface area contributed by atoms with Gasteiger partial charge in [-0.15, -0.1) is 0 Å². The van der Waals surface area contributed by atoms with Crippen LogP contribution in [-0.4, -0.2) is 31.8 Å².